The number of nitrogens with one attached hydrogen (secondary N) is 1. The maximum atomic E-state index is 12.0. The van der Waals surface area contributed by atoms with Crippen LogP contribution >= 0.6 is 11.6 Å². The Kier molecular flexibility index (Phi) is 3.89. The Labute approximate surface area is 111 Å². The van der Waals surface area contributed by atoms with Crippen LogP contribution in [0.15, 0.2) is 59.5 Å². The van der Waals surface area contributed by atoms with Gasteiger partial charge < -0.3 is 0 Å². The Hall–Kier alpha value is -1.52. The smallest absolute Gasteiger partial charge is 0.261 e. The van der Waals surface area contributed by atoms with Crippen LogP contribution in [0.1, 0.15) is 5.56 Å². The van der Waals surface area contributed by atoms with Crippen LogP contribution in [0.3, 0.4) is 0 Å². The largest absolute Gasteiger partial charge is 0.280 e. The third kappa shape index (κ3) is 3.03. The first kappa shape index (κ1) is 12.9. The quantitative estimate of drug-likeness (QED) is 0.875. The van der Waals surface area contributed by atoms with Gasteiger partial charge in [0.05, 0.1) is 4.90 Å². The van der Waals surface area contributed by atoms with E-state index in [0.717, 1.165) is 5.56 Å². The van der Waals surface area contributed by atoms with Crippen LogP contribution in [-0.4, -0.2) is 8.42 Å². The lowest BCUT2D eigenvalue weighted by molar-refractivity contribution is 0.601. The fraction of sp³-hybridized carbons (Fsp3) is 0.0769. The van der Waals surface area contributed by atoms with E-state index in [1.165, 1.54) is 0 Å². The van der Waals surface area contributed by atoms with Gasteiger partial charge in [-0.15, -0.1) is 11.6 Å². The topological polar surface area (TPSA) is 46.2 Å². The Morgan fingerprint density at radius 3 is 2.11 bits per heavy atom. The van der Waals surface area contributed by atoms with Crippen molar-refractivity contribution in [1.29, 1.82) is 0 Å². The molecular formula is C13H12ClNO2S. The first-order valence-electron chi connectivity index (χ1n) is 5.34. The minimum Gasteiger partial charge on any atom is -0.280 e. The van der Waals surface area contributed by atoms with E-state index in [-0.39, 0.29) is 4.90 Å². The number of hydrogen-bond acceptors (Lipinski definition) is 2. The number of hydrogen-bond donors (Lipinski definition) is 1. The molecule has 0 aliphatic rings. The zero-order chi connectivity index (χ0) is 13.0. The molecule has 0 aliphatic heterocycles. The third-order valence-electron chi connectivity index (χ3n) is 2.41. The Morgan fingerprint density at radius 1 is 0.944 bits per heavy atom. The molecule has 1 N–H and O–H groups in total. The molecular weight excluding hydrogens is 270 g/mol. The number of benzene rings is 2. The van der Waals surface area contributed by atoms with E-state index in [1.807, 2.05) is 0 Å². The summed E-state index contributed by atoms with van der Waals surface area (Å²) in [6.07, 6.45) is 0. The van der Waals surface area contributed by atoms with Gasteiger partial charge in [-0.1, -0.05) is 30.3 Å². The van der Waals surface area contributed by atoms with Crippen LogP contribution < -0.4 is 4.72 Å². The van der Waals surface area contributed by atoms with Gasteiger partial charge in [-0.25, -0.2) is 8.42 Å². The van der Waals surface area contributed by atoms with Crippen molar-refractivity contribution in [1.82, 2.24) is 0 Å². The van der Waals surface area contributed by atoms with Crippen molar-refractivity contribution in [2.24, 2.45) is 0 Å². The summed E-state index contributed by atoms with van der Waals surface area (Å²) >= 11 is 5.67. The highest BCUT2D eigenvalue weighted by Crippen LogP contribution is 2.16. The van der Waals surface area contributed by atoms with Crippen LogP contribution in [0.25, 0.3) is 0 Å². The second-order valence-electron chi connectivity index (χ2n) is 3.75. The number of sulfonamides is 1. The molecule has 0 unspecified atom stereocenters. The summed E-state index contributed by atoms with van der Waals surface area (Å²) in [5.74, 6) is 0.408. The fourth-order valence-electron chi connectivity index (χ4n) is 1.48. The molecule has 0 heterocycles. The Bertz CT molecular complexity index is 609. The minimum atomic E-state index is -3.52. The van der Waals surface area contributed by atoms with Crippen molar-refractivity contribution in [2.45, 2.75) is 10.8 Å². The molecule has 0 radical (unpaired) electrons. The highest BCUT2D eigenvalue weighted by atomic mass is 35.5. The van der Waals surface area contributed by atoms with E-state index in [1.54, 1.807) is 54.6 Å². The molecule has 2 rings (SSSR count). The van der Waals surface area contributed by atoms with Gasteiger partial charge in [0.25, 0.3) is 10.0 Å². The first-order chi connectivity index (χ1) is 8.62. The van der Waals surface area contributed by atoms with Crippen molar-refractivity contribution in [3.63, 3.8) is 0 Å². The molecule has 0 atom stereocenters. The number of rotatable bonds is 4. The van der Waals surface area contributed by atoms with Crippen molar-refractivity contribution < 1.29 is 8.42 Å². The van der Waals surface area contributed by atoms with Crippen molar-refractivity contribution >= 4 is 27.3 Å². The van der Waals surface area contributed by atoms with E-state index >= 15 is 0 Å². The standard InChI is InChI=1S/C13H12ClNO2S/c14-10-11-6-8-12(9-7-11)15-18(16,17)13-4-2-1-3-5-13/h1-9,15H,10H2. The molecule has 0 spiro atoms. The highest BCUT2D eigenvalue weighted by molar-refractivity contribution is 7.92. The van der Waals surface area contributed by atoms with Gasteiger partial charge in [-0.05, 0) is 29.8 Å². The predicted octanol–water partition coefficient (Wildman–Crippen LogP) is 3.23. The SMILES string of the molecule is O=S(=O)(Nc1ccc(CCl)cc1)c1ccccc1. The molecule has 0 aromatic heterocycles. The Balaban J connectivity index is 2.22. The maximum absolute atomic E-state index is 12.0. The molecule has 0 amide bonds. The van der Waals surface area contributed by atoms with Gasteiger partial charge in [-0.3, -0.25) is 4.72 Å². The average molecular weight is 282 g/mol. The zero-order valence-corrected chi connectivity index (χ0v) is 11.1. The van der Waals surface area contributed by atoms with Crippen molar-refractivity contribution in [3.05, 3.63) is 60.2 Å². The van der Waals surface area contributed by atoms with E-state index in [2.05, 4.69) is 4.72 Å². The lowest BCUT2D eigenvalue weighted by atomic mass is 10.2. The number of halogens is 1. The van der Waals surface area contributed by atoms with E-state index < -0.39 is 10.0 Å². The summed E-state index contributed by atoms with van der Waals surface area (Å²) in [6.45, 7) is 0. The zero-order valence-electron chi connectivity index (χ0n) is 9.51. The van der Waals surface area contributed by atoms with Crippen LogP contribution in [0.4, 0.5) is 5.69 Å². The van der Waals surface area contributed by atoms with Crippen LogP contribution in [0, 0.1) is 0 Å². The van der Waals surface area contributed by atoms with Crippen molar-refractivity contribution in [2.75, 3.05) is 4.72 Å². The molecule has 0 fully saturated rings. The second-order valence-corrected chi connectivity index (χ2v) is 5.70. The summed E-state index contributed by atoms with van der Waals surface area (Å²) in [7, 11) is -3.52. The summed E-state index contributed by atoms with van der Waals surface area (Å²) in [4.78, 5) is 0.242. The highest BCUT2D eigenvalue weighted by Gasteiger charge is 2.12. The summed E-state index contributed by atoms with van der Waals surface area (Å²) in [5, 5.41) is 0. The molecule has 0 saturated heterocycles. The van der Waals surface area contributed by atoms with E-state index in [4.69, 9.17) is 11.6 Å². The van der Waals surface area contributed by atoms with Gasteiger partial charge in [0.2, 0.25) is 0 Å². The molecule has 0 bridgehead atoms. The van der Waals surface area contributed by atoms with Gasteiger partial charge in [0.15, 0.2) is 0 Å². The summed E-state index contributed by atoms with van der Waals surface area (Å²) < 4.78 is 26.6. The van der Waals surface area contributed by atoms with Crippen molar-refractivity contribution in [3.8, 4) is 0 Å². The summed E-state index contributed by atoms with van der Waals surface area (Å²) in [5.41, 5.74) is 1.46. The summed E-state index contributed by atoms with van der Waals surface area (Å²) in [6, 6.07) is 15.2. The molecule has 2 aromatic carbocycles. The van der Waals surface area contributed by atoms with E-state index in [0.29, 0.717) is 11.6 Å². The normalized spacial score (nSPS) is 11.2. The van der Waals surface area contributed by atoms with E-state index in [9.17, 15) is 8.42 Å². The molecule has 94 valence electrons. The lowest BCUT2D eigenvalue weighted by Gasteiger charge is -2.08. The number of alkyl halides is 1. The molecule has 0 aliphatic carbocycles. The van der Waals surface area contributed by atoms with Gasteiger partial charge in [-0.2, -0.15) is 0 Å². The predicted molar refractivity (Wildman–Crippen MR) is 73.2 cm³/mol. The molecule has 0 saturated carbocycles. The second kappa shape index (κ2) is 5.42. The van der Waals surface area contributed by atoms with Crippen LogP contribution in [-0.2, 0) is 15.9 Å². The van der Waals surface area contributed by atoms with Crippen LogP contribution in [0.2, 0.25) is 0 Å². The Morgan fingerprint density at radius 2 is 1.56 bits per heavy atom. The molecule has 5 heteroatoms. The first-order valence-corrected chi connectivity index (χ1v) is 7.36. The van der Waals surface area contributed by atoms with Gasteiger partial charge >= 0.3 is 0 Å². The number of anilines is 1. The third-order valence-corrected chi connectivity index (χ3v) is 4.12. The maximum Gasteiger partial charge on any atom is 0.261 e. The molecule has 3 nitrogen and oxygen atoms in total. The van der Waals surface area contributed by atoms with Gasteiger partial charge in [0, 0.05) is 11.6 Å². The molecule has 18 heavy (non-hydrogen) atoms. The fourth-order valence-corrected chi connectivity index (χ4v) is 2.73. The van der Waals surface area contributed by atoms with Crippen LogP contribution in [0.5, 0.6) is 0 Å². The monoisotopic (exact) mass is 281 g/mol. The lowest BCUT2D eigenvalue weighted by Crippen LogP contribution is -2.12. The van der Waals surface area contributed by atoms with Gasteiger partial charge in [0.1, 0.15) is 0 Å². The molecule has 2 aromatic rings. The minimum absolute atomic E-state index is 0.242. The average Bonchev–Trinajstić information content (AvgIpc) is 2.40.